The van der Waals surface area contributed by atoms with Crippen LogP contribution in [0.15, 0.2) is 82.4 Å². The molecule has 0 aliphatic carbocycles. The highest BCUT2D eigenvalue weighted by atomic mass is 32.1. The van der Waals surface area contributed by atoms with Crippen molar-refractivity contribution >= 4 is 72.9 Å². The number of ether oxygens (including phenoxy) is 6. The van der Waals surface area contributed by atoms with Crippen LogP contribution in [-0.2, 0) is 14.4 Å². The lowest BCUT2D eigenvalue weighted by Crippen LogP contribution is -2.30. The molecule has 0 unspecified atom stereocenters. The van der Waals surface area contributed by atoms with Crippen LogP contribution in [-0.4, -0.2) is 109 Å². The number of carbonyl (C=O) groups excluding carboxylic acids is 2. The van der Waals surface area contributed by atoms with Gasteiger partial charge < -0.3 is 43.3 Å². The SMILES string of the molecule is CC(=O)O.COc1cc(-c2nc3s/c(=C4\C(=O)N(C)c5ccccc54)c(=O)n3n2)cc(OC)c1OC.COc1cc(-c2nc3s/c(=C4\C(=O)N(C)c5ccccc54)c(=O)n3n2)cc(OC)c1OC. The van der Waals surface area contributed by atoms with E-state index in [4.69, 9.17) is 38.3 Å². The zero-order chi connectivity index (χ0) is 48.7. The molecule has 8 aromatic rings. The van der Waals surface area contributed by atoms with Crippen molar-refractivity contribution in [1.82, 2.24) is 29.2 Å². The second-order valence-corrected chi connectivity index (χ2v) is 16.5. The lowest BCUT2D eigenvalue weighted by molar-refractivity contribution is -0.134. The maximum atomic E-state index is 13.2. The lowest BCUT2D eigenvalue weighted by Gasteiger charge is -2.12. The van der Waals surface area contributed by atoms with Crippen LogP contribution in [0.3, 0.4) is 0 Å². The molecule has 0 saturated carbocycles. The van der Waals surface area contributed by atoms with E-state index in [0.29, 0.717) is 87.4 Å². The Kier molecular flexibility index (Phi) is 12.6. The molecule has 0 spiro atoms. The minimum absolute atomic E-state index is 0.224. The summed E-state index contributed by atoms with van der Waals surface area (Å²) in [6, 6.07) is 21.6. The number of aliphatic carboxylic acids is 1. The summed E-state index contributed by atoms with van der Waals surface area (Å²) in [5.74, 6) is 2.10. The fourth-order valence-corrected chi connectivity index (χ4v) is 9.61. The van der Waals surface area contributed by atoms with Crippen LogP contribution in [0.5, 0.6) is 34.5 Å². The Balaban J connectivity index is 0.000000171. The zero-order valence-corrected chi connectivity index (χ0v) is 39.4. The summed E-state index contributed by atoms with van der Waals surface area (Å²) in [5, 5.41) is 16.2. The molecule has 4 aromatic heterocycles. The van der Waals surface area contributed by atoms with Crippen molar-refractivity contribution < 1.29 is 47.9 Å². The number of hydrogen-bond donors (Lipinski definition) is 1. The predicted octanol–water partition coefficient (Wildman–Crippen LogP) is 3.57. The van der Waals surface area contributed by atoms with Crippen LogP contribution < -0.4 is 58.4 Å². The van der Waals surface area contributed by atoms with Gasteiger partial charge >= 0.3 is 0 Å². The highest BCUT2D eigenvalue weighted by molar-refractivity contribution is 7.15. The second kappa shape index (κ2) is 18.5. The molecule has 4 aromatic carbocycles. The Hall–Kier alpha value is -8.37. The van der Waals surface area contributed by atoms with Crippen LogP contribution in [0.2, 0.25) is 0 Å². The van der Waals surface area contributed by atoms with Gasteiger partial charge in [0.15, 0.2) is 34.6 Å². The maximum absolute atomic E-state index is 13.2. The number of methoxy groups -OCH3 is 6. The number of para-hydroxylation sites is 2. The highest BCUT2D eigenvalue weighted by Gasteiger charge is 2.33. The van der Waals surface area contributed by atoms with Crippen LogP contribution in [0.4, 0.5) is 11.4 Å². The van der Waals surface area contributed by atoms with Crippen LogP contribution in [0, 0.1) is 0 Å². The molecule has 0 radical (unpaired) electrons. The molecular formula is C46H40N8O12S2. The molecule has 1 N–H and O–H groups in total. The smallest absolute Gasteiger partial charge is 0.300 e. The topological polar surface area (TPSA) is 228 Å². The van der Waals surface area contributed by atoms with Crippen molar-refractivity contribution in [2.24, 2.45) is 0 Å². The van der Waals surface area contributed by atoms with Crippen LogP contribution >= 0.6 is 22.7 Å². The Labute approximate surface area is 393 Å². The van der Waals surface area contributed by atoms with Crippen molar-refractivity contribution in [1.29, 1.82) is 0 Å². The monoisotopic (exact) mass is 960 g/mol. The first-order chi connectivity index (χ1) is 32.7. The molecule has 0 fully saturated rings. The van der Waals surface area contributed by atoms with Gasteiger partial charge in [0.05, 0.1) is 65.2 Å². The third kappa shape index (κ3) is 7.83. The number of carboxylic acid groups (broad SMARTS) is 1. The van der Waals surface area contributed by atoms with Crippen molar-refractivity contribution in [2.45, 2.75) is 6.92 Å². The quantitative estimate of drug-likeness (QED) is 0.230. The Morgan fingerprint density at radius 3 is 1.16 bits per heavy atom. The van der Waals surface area contributed by atoms with Gasteiger partial charge in [0.1, 0.15) is 9.06 Å². The molecule has 6 heterocycles. The average Bonchev–Trinajstić information content (AvgIpc) is 4.18. The first kappa shape index (κ1) is 46.2. The Morgan fingerprint density at radius 2 is 0.868 bits per heavy atom. The maximum Gasteiger partial charge on any atom is 0.300 e. The molecule has 2 aliphatic rings. The van der Waals surface area contributed by atoms with Gasteiger partial charge in [0.25, 0.3) is 28.9 Å². The average molecular weight is 961 g/mol. The summed E-state index contributed by atoms with van der Waals surface area (Å²) in [6.45, 7) is 1.08. The van der Waals surface area contributed by atoms with Crippen LogP contribution in [0.1, 0.15) is 18.1 Å². The van der Waals surface area contributed by atoms with Gasteiger partial charge in [-0.3, -0.25) is 24.0 Å². The van der Waals surface area contributed by atoms with E-state index in [1.165, 1.54) is 51.7 Å². The number of amides is 2. The molecule has 22 heteroatoms. The highest BCUT2D eigenvalue weighted by Crippen LogP contribution is 2.42. The number of aromatic nitrogens is 6. The summed E-state index contributed by atoms with van der Waals surface area (Å²) in [5.41, 5.74) is 4.18. The van der Waals surface area contributed by atoms with E-state index in [2.05, 4.69) is 20.2 Å². The molecule has 10 rings (SSSR count). The largest absolute Gasteiger partial charge is 0.493 e. The van der Waals surface area contributed by atoms with Crippen molar-refractivity contribution in [3.05, 3.63) is 114 Å². The van der Waals surface area contributed by atoms with Gasteiger partial charge in [-0.15, -0.1) is 10.2 Å². The van der Waals surface area contributed by atoms with E-state index in [1.807, 2.05) is 48.5 Å². The van der Waals surface area contributed by atoms with E-state index in [9.17, 15) is 19.2 Å². The first-order valence-corrected chi connectivity index (χ1v) is 21.8. The van der Waals surface area contributed by atoms with Gasteiger partial charge in [-0.2, -0.15) is 19.0 Å². The second-order valence-electron chi connectivity index (χ2n) is 14.6. The molecule has 2 amide bonds. The van der Waals surface area contributed by atoms with E-state index in [0.717, 1.165) is 52.1 Å². The van der Waals surface area contributed by atoms with Gasteiger partial charge in [0, 0.05) is 43.3 Å². The summed E-state index contributed by atoms with van der Waals surface area (Å²) in [6.07, 6.45) is 0. The van der Waals surface area contributed by atoms with E-state index < -0.39 is 5.97 Å². The molecular weight excluding hydrogens is 921 g/mol. The first-order valence-electron chi connectivity index (χ1n) is 20.1. The number of likely N-dealkylation sites (N-methyl/N-ethyl adjacent to an activating group) is 2. The number of rotatable bonds is 8. The van der Waals surface area contributed by atoms with E-state index in [1.54, 1.807) is 48.2 Å². The molecule has 2 aliphatic heterocycles. The van der Waals surface area contributed by atoms with Crippen LogP contribution in [0.25, 0.3) is 43.8 Å². The van der Waals surface area contributed by atoms with E-state index >= 15 is 0 Å². The fraction of sp³-hybridized carbons (Fsp3) is 0.196. The third-order valence-electron chi connectivity index (χ3n) is 10.7. The van der Waals surface area contributed by atoms with Gasteiger partial charge in [-0.05, 0) is 36.4 Å². The van der Waals surface area contributed by atoms with Gasteiger partial charge in [-0.1, -0.05) is 59.1 Å². The molecule has 0 saturated heterocycles. The van der Waals surface area contributed by atoms with Crippen molar-refractivity contribution in [3.63, 3.8) is 0 Å². The van der Waals surface area contributed by atoms with Gasteiger partial charge in [0.2, 0.25) is 21.4 Å². The molecule has 348 valence electrons. The fourth-order valence-electron chi connectivity index (χ4n) is 7.61. The minimum Gasteiger partial charge on any atom is -0.493 e. The van der Waals surface area contributed by atoms with Crippen molar-refractivity contribution in [2.75, 3.05) is 66.6 Å². The number of fused-ring (bicyclic) bond motifs is 4. The number of thiazole rings is 2. The van der Waals surface area contributed by atoms with Gasteiger partial charge in [-0.25, -0.2) is 0 Å². The third-order valence-corrected chi connectivity index (χ3v) is 12.8. The molecule has 0 atom stereocenters. The standard InChI is InChI=1S/2C22H18N4O5S.C2H4O2/c2*1-25-13-8-6-5-7-12(13)16(20(25)27)18-21(28)26-22(32-18)23-19(24-26)11-9-14(29-2)17(31-4)15(10-11)30-3;1-2(3)4/h2*5-10H,1-4H3;1H3,(H,3,4)/b2*18-16-;. The van der Waals surface area contributed by atoms with E-state index in [-0.39, 0.29) is 22.9 Å². The number of hydrogen-bond acceptors (Lipinski definition) is 17. The molecule has 68 heavy (non-hydrogen) atoms. The molecule has 0 bridgehead atoms. The summed E-state index contributed by atoms with van der Waals surface area (Å²) < 4.78 is 35.3. The number of anilines is 2. The summed E-state index contributed by atoms with van der Waals surface area (Å²) in [7, 11) is 12.5. The Morgan fingerprint density at radius 1 is 0.544 bits per heavy atom. The Bertz CT molecular complexity index is 3300. The minimum atomic E-state index is -0.833. The van der Waals surface area contributed by atoms with Crippen molar-refractivity contribution in [3.8, 4) is 57.3 Å². The number of carbonyl (C=O) groups is 3. The number of nitrogens with zero attached hydrogens (tertiary/aromatic N) is 8. The normalized spacial score (nSPS) is 14.2. The number of carboxylic acids is 1. The molecule has 20 nitrogen and oxygen atoms in total. The lowest BCUT2D eigenvalue weighted by atomic mass is 10.1. The predicted molar refractivity (Wildman–Crippen MR) is 253 cm³/mol. The summed E-state index contributed by atoms with van der Waals surface area (Å²) >= 11 is 2.28. The summed E-state index contributed by atoms with van der Waals surface area (Å²) in [4.78, 5) is 74.0. The zero-order valence-electron chi connectivity index (χ0n) is 37.8. The number of benzene rings is 4.